The van der Waals surface area contributed by atoms with Crippen molar-refractivity contribution in [2.24, 2.45) is 0 Å². The summed E-state index contributed by atoms with van der Waals surface area (Å²) in [6.45, 7) is 2.27. The maximum Gasteiger partial charge on any atom is 0.336 e. The average molecular weight is 503 g/mol. The van der Waals surface area contributed by atoms with Crippen LogP contribution in [0.5, 0.6) is 5.75 Å². The topological polar surface area (TPSA) is 39.4 Å². The van der Waals surface area contributed by atoms with Gasteiger partial charge in [0.25, 0.3) is 0 Å². The van der Waals surface area contributed by atoms with Crippen LogP contribution in [0, 0.1) is 6.92 Å². The predicted molar refractivity (Wildman–Crippen MR) is 101 cm³/mol. The third-order valence-electron chi connectivity index (χ3n) is 3.30. The van der Waals surface area contributed by atoms with Gasteiger partial charge in [-0.1, -0.05) is 15.9 Å². The van der Waals surface area contributed by atoms with Crippen LogP contribution in [0.4, 0.5) is 0 Å². The monoisotopic (exact) mass is 500 g/mol. The van der Waals surface area contributed by atoms with Crippen molar-refractivity contribution in [1.82, 2.24) is 0 Å². The predicted octanol–water partition coefficient (Wildman–Crippen LogP) is 5.97. The number of benzene rings is 2. The Morgan fingerprint density at radius 3 is 2.43 bits per heavy atom. The normalized spacial score (nSPS) is 11.0. The fourth-order valence-corrected chi connectivity index (χ4v) is 4.30. The summed E-state index contributed by atoms with van der Waals surface area (Å²) in [5.74, 6) is 0.701. The summed E-state index contributed by atoms with van der Waals surface area (Å²) in [7, 11) is 0. The fourth-order valence-electron chi connectivity index (χ4n) is 2.29. The molecular formula is C17H11Br3O3. The first-order valence-electron chi connectivity index (χ1n) is 6.75. The van der Waals surface area contributed by atoms with Gasteiger partial charge >= 0.3 is 5.63 Å². The van der Waals surface area contributed by atoms with E-state index in [9.17, 15) is 4.79 Å². The van der Waals surface area contributed by atoms with Gasteiger partial charge < -0.3 is 9.15 Å². The second-order valence-electron chi connectivity index (χ2n) is 5.08. The molecule has 0 amide bonds. The van der Waals surface area contributed by atoms with Gasteiger partial charge in [0.05, 0.1) is 8.95 Å². The first kappa shape index (κ1) is 16.7. The van der Waals surface area contributed by atoms with E-state index in [1.807, 2.05) is 31.2 Å². The highest BCUT2D eigenvalue weighted by molar-refractivity contribution is 9.11. The molecule has 23 heavy (non-hydrogen) atoms. The Balaban J connectivity index is 1.99. The molecule has 0 N–H and O–H groups in total. The van der Waals surface area contributed by atoms with Crippen molar-refractivity contribution in [3.05, 3.63) is 71.4 Å². The molecule has 0 saturated heterocycles. The third kappa shape index (κ3) is 3.70. The molecule has 0 aliphatic heterocycles. The van der Waals surface area contributed by atoms with E-state index in [-0.39, 0.29) is 12.2 Å². The highest BCUT2D eigenvalue weighted by Gasteiger charge is 2.11. The zero-order valence-corrected chi connectivity index (χ0v) is 16.8. The molecule has 0 aliphatic rings. The third-order valence-corrected chi connectivity index (χ3v) is 4.98. The molecule has 0 saturated carbocycles. The number of ether oxygens (including phenoxy) is 1. The number of aryl methyl sites for hydroxylation is 1. The number of fused-ring (bicyclic) bond motifs is 1. The lowest BCUT2D eigenvalue weighted by Gasteiger charge is -2.12. The quantitative estimate of drug-likeness (QED) is 0.414. The minimum absolute atomic E-state index is 0.263. The zero-order chi connectivity index (χ0) is 16.6. The van der Waals surface area contributed by atoms with E-state index in [1.54, 1.807) is 6.07 Å². The van der Waals surface area contributed by atoms with E-state index >= 15 is 0 Å². The van der Waals surface area contributed by atoms with E-state index in [0.29, 0.717) is 11.3 Å². The number of hydrogen-bond acceptors (Lipinski definition) is 3. The number of rotatable bonds is 3. The lowest BCUT2D eigenvalue weighted by Crippen LogP contribution is -2.04. The van der Waals surface area contributed by atoms with Gasteiger partial charge in [-0.2, -0.15) is 0 Å². The van der Waals surface area contributed by atoms with Gasteiger partial charge in [-0.25, -0.2) is 4.79 Å². The first-order chi connectivity index (χ1) is 10.9. The van der Waals surface area contributed by atoms with Crippen LogP contribution in [-0.2, 0) is 6.61 Å². The SMILES string of the molecule is Cc1cc(Br)c(OCc2cc(=O)oc3ccc(Br)cc23)c(Br)c1. The van der Waals surface area contributed by atoms with Crippen molar-refractivity contribution in [3.8, 4) is 5.75 Å². The van der Waals surface area contributed by atoms with Crippen LogP contribution in [0.25, 0.3) is 11.0 Å². The summed E-state index contributed by atoms with van der Waals surface area (Å²) in [5.41, 5.74) is 2.05. The zero-order valence-electron chi connectivity index (χ0n) is 12.0. The summed E-state index contributed by atoms with van der Waals surface area (Å²) in [6, 6.07) is 10.9. The van der Waals surface area contributed by atoms with Crippen LogP contribution in [0.1, 0.15) is 11.1 Å². The average Bonchev–Trinajstić information content (AvgIpc) is 2.46. The summed E-state index contributed by atoms with van der Waals surface area (Å²) in [6.07, 6.45) is 0. The minimum Gasteiger partial charge on any atom is -0.487 e. The molecule has 0 atom stereocenters. The van der Waals surface area contributed by atoms with Crippen LogP contribution in [0.3, 0.4) is 0 Å². The lowest BCUT2D eigenvalue weighted by molar-refractivity contribution is 0.302. The van der Waals surface area contributed by atoms with E-state index in [0.717, 1.165) is 29.9 Å². The Morgan fingerprint density at radius 2 is 1.74 bits per heavy atom. The van der Waals surface area contributed by atoms with Crippen molar-refractivity contribution in [3.63, 3.8) is 0 Å². The Labute approximate surface area is 158 Å². The van der Waals surface area contributed by atoms with Gasteiger partial charge in [-0.3, -0.25) is 0 Å². The fraction of sp³-hybridized carbons (Fsp3) is 0.118. The molecule has 3 nitrogen and oxygen atoms in total. The molecule has 3 aromatic rings. The Morgan fingerprint density at radius 1 is 1.04 bits per heavy atom. The van der Waals surface area contributed by atoms with Crippen LogP contribution < -0.4 is 10.4 Å². The van der Waals surface area contributed by atoms with E-state index in [4.69, 9.17) is 9.15 Å². The molecule has 0 fully saturated rings. The summed E-state index contributed by atoms with van der Waals surface area (Å²) >= 11 is 10.4. The Bertz CT molecular complexity index is 924. The van der Waals surface area contributed by atoms with E-state index in [2.05, 4.69) is 47.8 Å². The highest BCUT2D eigenvalue weighted by atomic mass is 79.9. The van der Waals surface area contributed by atoms with Gasteiger partial charge in [-0.05, 0) is 74.7 Å². The number of hydrogen-bond donors (Lipinski definition) is 0. The van der Waals surface area contributed by atoms with Crippen molar-refractivity contribution >= 4 is 58.8 Å². The van der Waals surface area contributed by atoms with Gasteiger partial charge in [0.2, 0.25) is 0 Å². The lowest BCUT2D eigenvalue weighted by atomic mass is 10.1. The van der Waals surface area contributed by atoms with Crippen molar-refractivity contribution in [2.75, 3.05) is 0 Å². The van der Waals surface area contributed by atoms with Crippen molar-refractivity contribution < 1.29 is 9.15 Å². The second-order valence-corrected chi connectivity index (χ2v) is 7.70. The molecule has 0 spiro atoms. The van der Waals surface area contributed by atoms with Gasteiger partial charge in [0.1, 0.15) is 17.9 Å². The van der Waals surface area contributed by atoms with Crippen LogP contribution in [-0.4, -0.2) is 0 Å². The van der Waals surface area contributed by atoms with Crippen LogP contribution >= 0.6 is 47.8 Å². The molecule has 0 aliphatic carbocycles. The molecule has 0 radical (unpaired) electrons. The van der Waals surface area contributed by atoms with Gasteiger partial charge in [-0.15, -0.1) is 0 Å². The highest BCUT2D eigenvalue weighted by Crippen LogP contribution is 2.35. The van der Waals surface area contributed by atoms with E-state index in [1.165, 1.54) is 6.07 Å². The minimum atomic E-state index is -0.388. The van der Waals surface area contributed by atoms with Crippen molar-refractivity contribution in [1.29, 1.82) is 0 Å². The largest absolute Gasteiger partial charge is 0.487 e. The molecule has 6 heteroatoms. The number of halogens is 3. The molecule has 1 aromatic heterocycles. The first-order valence-corrected chi connectivity index (χ1v) is 9.12. The molecular weight excluding hydrogens is 492 g/mol. The second kappa shape index (κ2) is 6.79. The van der Waals surface area contributed by atoms with Crippen molar-refractivity contribution in [2.45, 2.75) is 13.5 Å². The molecule has 0 bridgehead atoms. The molecule has 3 rings (SSSR count). The molecule has 1 heterocycles. The van der Waals surface area contributed by atoms with E-state index < -0.39 is 0 Å². The van der Waals surface area contributed by atoms with Crippen LogP contribution in [0.2, 0.25) is 0 Å². The maximum absolute atomic E-state index is 11.7. The Kier molecular flexibility index (Phi) is 4.94. The standard InChI is InChI=1S/C17H11Br3O3/c1-9-4-13(19)17(14(20)5-9)22-8-10-6-16(21)23-15-3-2-11(18)7-12(10)15/h2-7H,8H2,1H3. The maximum atomic E-state index is 11.7. The molecule has 118 valence electrons. The summed E-state index contributed by atoms with van der Waals surface area (Å²) < 4.78 is 13.8. The summed E-state index contributed by atoms with van der Waals surface area (Å²) in [4.78, 5) is 11.7. The van der Waals surface area contributed by atoms with Gasteiger partial charge in [0, 0.05) is 21.5 Å². The van der Waals surface area contributed by atoms with Crippen LogP contribution in [0.15, 0.2) is 59.0 Å². The Hall–Kier alpha value is -1.11. The molecule has 0 unspecified atom stereocenters. The summed E-state index contributed by atoms with van der Waals surface area (Å²) in [5, 5.41) is 0.846. The molecule has 2 aromatic carbocycles. The van der Waals surface area contributed by atoms with Gasteiger partial charge in [0.15, 0.2) is 0 Å². The smallest absolute Gasteiger partial charge is 0.336 e.